The summed E-state index contributed by atoms with van der Waals surface area (Å²) in [6.45, 7) is 3.13. The second-order valence-corrected chi connectivity index (χ2v) is 6.07. The van der Waals surface area contributed by atoms with Crippen molar-refractivity contribution < 1.29 is 23.9 Å². The van der Waals surface area contributed by atoms with Gasteiger partial charge in [0, 0.05) is 31.9 Å². The molecule has 0 aromatic rings. The predicted octanol–water partition coefficient (Wildman–Crippen LogP) is 0.810. The number of ether oxygens (including phenoxy) is 2. The van der Waals surface area contributed by atoms with Crippen molar-refractivity contribution >= 4 is 17.6 Å². The summed E-state index contributed by atoms with van der Waals surface area (Å²) in [6.07, 6.45) is 4.13. The van der Waals surface area contributed by atoms with Crippen molar-refractivity contribution in [2.24, 2.45) is 5.92 Å². The number of hydrogen-bond donors (Lipinski definition) is 2. The molecule has 2 amide bonds. The summed E-state index contributed by atoms with van der Waals surface area (Å²) < 4.78 is 10.0. The maximum atomic E-state index is 11.9. The Kier molecular flexibility index (Phi) is 10.3. The third-order valence-corrected chi connectivity index (χ3v) is 4.25. The minimum absolute atomic E-state index is 0.0231. The molecule has 1 saturated carbocycles. The van der Waals surface area contributed by atoms with Gasteiger partial charge in [-0.05, 0) is 25.7 Å². The van der Waals surface area contributed by atoms with Crippen molar-refractivity contribution in [3.8, 4) is 0 Å². The smallest absolute Gasteiger partial charge is 0.239 e. The van der Waals surface area contributed by atoms with Crippen LogP contribution < -0.4 is 10.6 Å². The number of methoxy groups -OCH3 is 1. The highest BCUT2D eigenvalue weighted by molar-refractivity contribution is 5.85. The summed E-state index contributed by atoms with van der Waals surface area (Å²) in [6, 6.07) is 0.104. The molecule has 0 bridgehead atoms. The Morgan fingerprint density at radius 1 is 1.00 bits per heavy atom. The zero-order valence-electron chi connectivity index (χ0n) is 14.8. The molecule has 2 N–H and O–H groups in total. The second-order valence-electron chi connectivity index (χ2n) is 6.07. The van der Waals surface area contributed by atoms with Crippen LogP contribution in [0.2, 0.25) is 0 Å². The molecule has 0 aromatic heterocycles. The maximum absolute atomic E-state index is 11.9. The number of amides is 2. The molecule has 1 aliphatic carbocycles. The fraction of sp³-hybridized carbons (Fsp3) is 0.824. The Bertz CT molecular complexity index is 406. The molecule has 0 atom stereocenters. The number of nitrogens with one attached hydrogen (secondary N) is 2. The standard InChI is InChI=1S/C17H30N2O5/c1-3-15(20)13-4-6-14(7-5-13)19-17(22)12-18-16(21)8-9-24-11-10-23-2/h13-14H,3-12H2,1-2H3,(H,18,21)(H,19,22). The molecule has 1 fully saturated rings. The number of carbonyl (C=O) groups is 3. The molecule has 0 heterocycles. The molecule has 0 saturated heterocycles. The SMILES string of the molecule is CCC(=O)C1CCC(NC(=O)CNC(=O)CCOCCOC)CC1. The summed E-state index contributed by atoms with van der Waals surface area (Å²) in [5, 5.41) is 5.51. The van der Waals surface area contributed by atoms with Gasteiger partial charge in [-0.3, -0.25) is 14.4 Å². The van der Waals surface area contributed by atoms with Crippen molar-refractivity contribution in [3.05, 3.63) is 0 Å². The van der Waals surface area contributed by atoms with E-state index in [-0.39, 0.29) is 36.7 Å². The van der Waals surface area contributed by atoms with E-state index in [0.29, 0.717) is 32.0 Å². The highest BCUT2D eigenvalue weighted by Gasteiger charge is 2.25. The fourth-order valence-corrected chi connectivity index (χ4v) is 2.80. The predicted molar refractivity (Wildman–Crippen MR) is 89.5 cm³/mol. The molecule has 1 aliphatic rings. The highest BCUT2D eigenvalue weighted by atomic mass is 16.5. The van der Waals surface area contributed by atoms with Gasteiger partial charge in [-0.15, -0.1) is 0 Å². The van der Waals surface area contributed by atoms with Crippen molar-refractivity contribution in [2.45, 2.75) is 51.5 Å². The lowest BCUT2D eigenvalue weighted by Gasteiger charge is -2.28. The number of Topliss-reactive ketones (excluding diaryl/α,β-unsaturated/α-hetero) is 1. The van der Waals surface area contributed by atoms with Crippen LogP contribution in [-0.4, -0.2) is 57.1 Å². The minimum Gasteiger partial charge on any atom is -0.382 e. The Morgan fingerprint density at radius 3 is 2.33 bits per heavy atom. The van der Waals surface area contributed by atoms with Crippen LogP contribution in [-0.2, 0) is 23.9 Å². The number of rotatable bonds is 11. The monoisotopic (exact) mass is 342 g/mol. The lowest BCUT2D eigenvalue weighted by molar-refractivity contribution is -0.127. The van der Waals surface area contributed by atoms with Gasteiger partial charge in [-0.1, -0.05) is 6.92 Å². The van der Waals surface area contributed by atoms with Crippen LogP contribution in [0.5, 0.6) is 0 Å². The third kappa shape index (κ3) is 8.40. The Labute approximate surface area is 143 Å². The molecule has 7 heteroatoms. The zero-order chi connectivity index (χ0) is 17.8. The van der Waals surface area contributed by atoms with Crippen LogP contribution in [0, 0.1) is 5.92 Å². The van der Waals surface area contributed by atoms with Crippen LogP contribution in [0.25, 0.3) is 0 Å². The molecule has 0 radical (unpaired) electrons. The lowest BCUT2D eigenvalue weighted by atomic mass is 9.83. The first-order valence-corrected chi connectivity index (χ1v) is 8.72. The van der Waals surface area contributed by atoms with Gasteiger partial charge in [0.15, 0.2) is 0 Å². The molecule has 0 aliphatic heterocycles. The van der Waals surface area contributed by atoms with E-state index in [1.54, 1.807) is 7.11 Å². The van der Waals surface area contributed by atoms with Crippen molar-refractivity contribution in [1.29, 1.82) is 0 Å². The molecule has 24 heavy (non-hydrogen) atoms. The van der Waals surface area contributed by atoms with Gasteiger partial charge in [0.05, 0.1) is 26.4 Å². The first-order valence-electron chi connectivity index (χ1n) is 8.72. The van der Waals surface area contributed by atoms with Crippen molar-refractivity contribution in [1.82, 2.24) is 10.6 Å². The highest BCUT2D eigenvalue weighted by Crippen LogP contribution is 2.25. The average molecular weight is 342 g/mol. The van der Waals surface area contributed by atoms with Crippen LogP contribution in [0.15, 0.2) is 0 Å². The Balaban J connectivity index is 2.10. The Morgan fingerprint density at radius 2 is 1.71 bits per heavy atom. The molecule has 138 valence electrons. The fourth-order valence-electron chi connectivity index (χ4n) is 2.80. The van der Waals surface area contributed by atoms with E-state index in [0.717, 1.165) is 25.7 Å². The molecule has 7 nitrogen and oxygen atoms in total. The summed E-state index contributed by atoms with van der Waals surface area (Å²) in [5.41, 5.74) is 0. The van der Waals surface area contributed by atoms with E-state index in [1.165, 1.54) is 0 Å². The van der Waals surface area contributed by atoms with E-state index in [2.05, 4.69) is 10.6 Å². The normalized spacial score (nSPS) is 20.4. The third-order valence-electron chi connectivity index (χ3n) is 4.25. The average Bonchev–Trinajstić information content (AvgIpc) is 2.59. The van der Waals surface area contributed by atoms with Crippen molar-refractivity contribution in [3.63, 3.8) is 0 Å². The lowest BCUT2D eigenvalue weighted by Crippen LogP contribution is -2.43. The van der Waals surface area contributed by atoms with Gasteiger partial charge in [-0.25, -0.2) is 0 Å². The summed E-state index contributed by atoms with van der Waals surface area (Å²) in [7, 11) is 1.59. The van der Waals surface area contributed by atoms with E-state index < -0.39 is 0 Å². The number of ketones is 1. The van der Waals surface area contributed by atoms with Crippen LogP contribution in [0.3, 0.4) is 0 Å². The van der Waals surface area contributed by atoms with E-state index in [9.17, 15) is 14.4 Å². The topological polar surface area (TPSA) is 93.7 Å². The van der Waals surface area contributed by atoms with Crippen LogP contribution in [0.4, 0.5) is 0 Å². The van der Waals surface area contributed by atoms with Gasteiger partial charge in [-0.2, -0.15) is 0 Å². The van der Waals surface area contributed by atoms with Gasteiger partial charge in [0.25, 0.3) is 0 Å². The van der Waals surface area contributed by atoms with Gasteiger partial charge >= 0.3 is 0 Å². The molecule has 0 aromatic carbocycles. The Hall–Kier alpha value is -1.47. The second kappa shape index (κ2) is 12.0. The van der Waals surface area contributed by atoms with E-state index >= 15 is 0 Å². The summed E-state index contributed by atoms with van der Waals surface area (Å²) in [5.74, 6) is 0.0782. The first-order chi connectivity index (χ1) is 11.6. The summed E-state index contributed by atoms with van der Waals surface area (Å²) in [4.78, 5) is 35.1. The van der Waals surface area contributed by atoms with Crippen LogP contribution >= 0.6 is 0 Å². The summed E-state index contributed by atoms with van der Waals surface area (Å²) >= 11 is 0. The molecule has 1 rings (SSSR count). The molecular weight excluding hydrogens is 312 g/mol. The zero-order valence-corrected chi connectivity index (χ0v) is 14.8. The largest absolute Gasteiger partial charge is 0.382 e. The van der Waals surface area contributed by atoms with E-state index in [4.69, 9.17) is 9.47 Å². The van der Waals surface area contributed by atoms with Crippen LogP contribution in [0.1, 0.15) is 45.4 Å². The molecule has 0 spiro atoms. The first kappa shape index (κ1) is 20.6. The van der Waals surface area contributed by atoms with Gasteiger partial charge in [0.2, 0.25) is 11.8 Å². The van der Waals surface area contributed by atoms with Gasteiger partial charge < -0.3 is 20.1 Å². The van der Waals surface area contributed by atoms with E-state index in [1.807, 2.05) is 6.92 Å². The maximum Gasteiger partial charge on any atom is 0.239 e. The van der Waals surface area contributed by atoms with Gasteiger partial charge in [0.1, 0.15) is 5.78 Å². The van der Waals surface area contributed by atoms with Crippen molar-refractivity contribution in [2.75, 3.05) is 33.5 Å². The molecular formula is C17H30N2O5. The number of carbonyl (C=O) groups excluding carboxylic acids is 3. The quantitative estimate of drug-likeness (QED) is 0.542. The minimum atomic E-state index is -0.209. The molecule has 0 unspecified atom stereocenters. The number of hydrogen-bond acceptors (Lipinski definition) is 5.